The zero-order chi connectivity index (χ0) is 17.1. The third-order valence-corrected chi connectivity index (χ3v) is 3.53. The number of hydrogen-bond donors (Lipinski definition) is 1. The molecule has 0 spiro atoms. The quantitative estimate of drug-likeness (QED) is 0.836. The van der Waals surface area contributed by atoms with Gasteiger partial charge in [-0.05, 0) is 36.4 Å². The highest BCUT2D eigenvalue weighted by atomic mass is 35.5. The van der Waals surface area contributed by atoms with Crippen LogP contribution in [0.1, 0.15) is 10.4 Å². The number of anilines is 1. The number of carbonyl (C=O) groups excluding carboxylic acids is 2. The normalized spacial score (nSPS) is 11.9. The van der Waals surface area contributed by atoms with Crippen molar-refractivity contribution in [2.24, 2.45) is 0 Å². The van der Waals surface area contributed by atoms with Crippen molar-refractivity contribution in [3.05, 3.63) is 52.0 Å². The molecule has 2 aromatic rings. The third-order valence-electron chi connectivity index (χ3n) is 3.09. The number of amides is 1. The zero-order valence-corrected chi connectivity index (χ0v) is 13.7. The van der Waals surface area contributed by atoms with Crippen LogP contribution in [0.4, 0.5) is 5.69 Å². The maximum atomic E-state index is 12.0. The smallest absolute Gasteiger partial charge is 0.338 e. The largest absolute Gasteiger partial charge is 0.454 e. The number of carbonyl (C=O) groups is 2. The van der Waals surface area contributed by atoms with Gasteiger partial charge in [-0.2, -0.15) is 0 Å². The van der Waals surface area contributed by atoms with Crippen molar-refractivity contribution < 1.29 is 23.8 Å². The second-order valence-corrected chi connectivity index (χ2v) is 5.72. The molecule has 124 valence electrons. The first kappa shape index (κ1) is 16.4. The molecule has 0 radical (unpaired) electrons. The lowest BCUT2D eigenvalue weighted by molar-refractivity contribution is -0.119. The molecule has 1 N–H and O–H groups in total. The second-order valence-electron chi connectivity index (χ2n) is 4.85. The fourth-order valence-corrected chi connectivity index (χ4v) is 2.59. The molecule has 6 nitrogen and oxygen atoms in total. The number of esters is 1. The predicted molar refractivity (Wildman–Crippen MR) is 87.9 cm³/mol. The minimum atomic E-state index is -0.646. The minimum absolute atomic E-state index is 0.110. The fourth-order valence-electron chi connectivity index (χ4n) is 2.06. The van der Waals surface area contributed by atoms with Crippen molar-refractivity contribution in [3.8, 4) is 11.5 Å². The number of benzene rings is 2. The standard InChI is InChI=1S/C16H11Cl2NO5/c17-10-4-11(18)6-12(5-10)19-15(20)7-22-16(21)9-1-2-13-14(3-9)24-8-23-13/h1-6H,7-8H2,(H,19,20). The number of hydrogen-bond acceptors (Lipinski definition) is 5. The molecule has 1 aliphatic rings. The van der Waals surface area contributed by atoms with Gasteiger partial charge in [0, 0.05) is 15.7 Å². The lowest BCUT2D eigenvalue weighted by Gasteiger charge is -2.08. The Morgan fingerprint density at radius 3 is 2.50 bits per heavy atom. The van der Waals surface area contributed by atoms with Gasteiger partial charge < -0.3 is 19.5 Å². The van der Waals surface area contributed by atoms with Gasteiger partial charge in [-0.1, -0.05) is 23.2 Å². The molecule has 2 aromatic carbocycles. The van der Waals surface area contributed by atoms with E-state index in [4.69, 9.17) is 37.4 Å². The summed E-state index contributed by atoms with van der Waals surface area (Å²) >= 11 is 11.7. The Morgan fingerprint density at radius 1 is 1.04 bits per heavy atom. The highest BCUT2D eigenvalue weighted by Gasteiger charge is 2.17. The second kappa shape index (κ2) is 6.98. The molecule has 8 heteroatoms. The average molecular weight is 368 g/mol. The van der Waals surface area contributed by atoms with E-state index in [9.17, 15) is 9.59 Å². The Hall–Kier alpha value is -2.44. The van der Waals surface area contributed by atoms with Crippen LogP contribution in [0.25, 0.3) is 0 Å². The van der Waals surface area contributed by atoms with Gasteiger partial charge in [0.25, 0.3) is 5.91 Å². The molecule has 0 aliphatic carbocycles. The molecule has 1 aliphatic heterocycles. The van der Waals surface area contributed by atoms with Crippen LogP contribution in [-0.4, -0.2) is 25.3 Å². The summed E-state index contributed by atoms with van der Waals surface area (Å²) in [5.41, 5.74) is 0.675. The van der Waals surface area contributed by atoms with E-state index in [0.717, 1.165) is 0 Å². The lowest BCUT2D eigenvalue weighted by Crippen LogP contribution is -2.20. The first-order chi connectivity index (χ1) is 11.5. The summed E-state index contributed by atoms with van der Waals surface area (Å²) in [7, 11) is 0. The molecule has 0 unspecified atom stereocenters. The molecule has 0 fully saturated rings. The highest BCUT2D eigenvalue weighted by molar-refractivity contribution is 6.35. The summed E-state index contributed by atoms with van der Waals surface area (Å²) in [6.45, 7) is -0.337. The molecule has 3 rings (SSSR count). The van der Waals surface area contributed by atoms with Gasteiger partial charge in [-0.15, -0.1) is 0 Å². The molecule has 0 aromatic heterocycles. The number of nitrogens with one attached hydrogen (secondary N) is 1. The number of ether oxygens (including phenoxy) is 3. The van der Waals surface area contributed by atoms with Crippen LogP contribution in [0.2, 0.25) is 10.0 Å². The van der Waals surface area contributed by atoms with Crippen LogP contribution in [0.3, 0.4) is 0 Å². The van der Waals surface area contributed by atoms with Crippen molar-refractivity contribution >= 4 is 40.8 Å². The van der Waals surface area contributed by atoms with Crippen molar-refractivity contribution in [2.75, 3.05) is 18.7 Å². The van der Waals surface area contributed by atoms with E-state index in [2.05, 4.69) is 5.32 Å². The van der Waals surface area contributed by atoms with Crippen molar-refractivity contribution in [2.45, 2.75) is 0 Å². The van der Waals surface area contributed by atoms with E-state index in [1.165, 1.54) is 24.3 Å². The van der Waals surface area contributed by atoms with Gasteiger partial charge in [0.1, 0.15) is 0 Å². The van der Waals surface area contributed by atoms with Crippen LogP contribution in [0.15, 0.2) is 36.4 Å². The average Bonchev–Trinajstić information content (AvgIpc) is 2.99. The van der Waals surface area contributed by atoms with Gasteiger partial charge in [0.05, 0.1) is 5.56 Å². The Kier molecular flexibility index (Phi) is 4.78. The summed E-state index contributed by atoms with van der Waals surface area (Å²) < 4.78 is 15.3. The Labute approximate surface area is 147 Å². The number of fused-ring (bicyclic) bond motifs is 1. The van der Waals surface area contributed by atoms with Gasteiger partial charge in [0.2, 0.25) is 6.79 Å². The van der Waals surface area contributed by atoms with Gasteiger partial charge >= 0.3 is 5.97 Å². The summed E-state index contributed by atoms with van der Waals surface area (Å²) in [6.07, 6.45) is 0. The van der Waals surface area contributed by atoms with E-state index < -0.39 is 18.5 Å². The molecule has 0 saturated carbocycles. The maximum Gasteiger partial charge on any atom is 0.338 e. The minimum Gasteiger partial charge on any atom is -0.454 e. The molecule has 1 heterocycles. The van der Waals surface area contributed by atoms with E-state index in [1.54, 1.807) is 12.1 Å². The predicted octanol–water partition coefficient (Wildman–Crippen LogP) is 3.52. The number of halogens is 2. The van der Waals surface area contributed by atoms with Crippen molar-refractivity contribution in [3.63, 3.8) is 0 Å². The third kappa shape index (κ3) is 3.90. The maximum absolute atomic E-state index is 12.0. The molecule has 0 atom stereocenters. The van der Waals surface area contributed by atoms with Crippen molar-refractivity contribution in [1.29, 1.82) is 0 Å². The first-order valence-electron chi connectivity index (χ1n) is 6.84. The highest BCUT2D eigenvalue weighted by Crippen LogP contribution is 2.32. The van der Waals surface area contributed by atoms with Crippen LogP contribution in [-0.2, 0) is 9.53 Å². The van der Waals surface area contributed by atoms with Crippen LogP contribution >= 0.6 is 23.2 Å². The Balaban J connectivity index is 1.56. The van der Waals surface area contributed by atoms with E-state index in [0.29, 0.717) is 27.2 Å². The van der Waals surface area contributed by atoms with Crippen LogP contribution in [0, 0.1) is 0 Å². The SMILES string of the molecule is O=C(COC(=O)c1ccc2c(c1)OCO2)Nc1cc(Cl)cc(Cl)c1. The Bertz CT molecular complexity index is 789. The summed E-state index contributed by atoms with van der Waals surface area (Å²) in [5, 5.41) is 3.31. The molecular formula is C16H11Cl2NO5. The number of rotatable bonds is 4. The van der Waals surface area contributed by atoms with Gasteiger partial charge in [0.15, 0.2) is 18.1 Å². The van der Waals surface area contributed by atoms with E-state index >= 15 is 0 Å². The van der Waals surface area contributed by atoms with Gasteiger partial charge in [-0.25, -0.2) is 4.79 Å². The molecule has 24 heavy (non-hydrogen) atoms. The first-order valence-corrected chi connectivity index (χ1v) is 7.59. The van der Waals surface area contributed by atoms with Gasteiger partial charge in [-0.3, -0.25) is 4.79 Å². The van der Waals surface area contributed by atoms with Crippen LogP contribution < -0.4 is 14.8 Å². The zero-order valence-electron chi connectivity index (χ0n) is 12.2. The summed E-state index contributed by atoms with van der Waals surface area (Å²) in [4.78, 5) is 23.8. The van der Waals surface area contributed by atoms with E-state index in [-0.39, 0.29) is 12.4 Å². The monoisotopic (exact) mass is 367 g/mol. The molecular weight excluding hydrogens is 357 g/mol. The fraction of sp³-hybridized carbons (Fsp3) is 0.125. The van der Waals surface area contributed by atoms with Crippen molar-refractivity contribution in [1.82, 2.24) is 0 Å². The topological polar surface area (TPSA) is 73.9 Å². The molecule has 1 amide bonds. The summed E-state index contributed by atoms with van der Waals surface area (Å²) in [6, 6.07) is 9.24. The lowest BCUT2D eigenvalue weighted by atomic mass is 10.2. The van der Waals surface area contributed by atoms with E-state index in [1.807, 2.05) is 0 Å². The molecule has 0 saturated heterocycles. The molecule has 0 bridgehead atoms. The van der Waals surface area contributed by atoms with Crippen LogP contribution in [0.5, 0.6) is 11.5 Å². The Morgan fingerprint density at radius 2 is 1.75 bits per heavy atom. The summed E-state index contributed by atoms with van der Waals surface area (Å²) in [5.74, 6) is -0.139.